The number of nitrogens with one attached hydrogen (secondary N) is 1. The van der Waals surface area contributed by atoms with E-state index in [2.05, 4.69) is 5.32 Å². The van der Waals surface area contributed by atoms with Crippen molar-refractivity contribution in [1.29, 1.82) is 0 Å². The summed E-state index contributed by atoms with van der Waals surface area (Å²) in [5, 5.41) is 4.16. The van der Waals surface area contributed by atoms with Crippen LogP contribution in [0.25, 0.3) is 0 Å². The van der Waals surface area contributed by atoms with Crippen LogP contribution in [0.5, 0.6) is 5.75 Å². The van der Waals surface area contributed by atoms with Crippen LogP contribution in [0.1, 0.15) is 18.4 Å². The Bertz CT molecular complexity index is 588. The summed E-state index contributed by atoms with van der Waals surface area (Å²) in [6.07, 6.45) is 2.37. The molecular formula is C14H18ClNO3S. The molecule has 1 unspecified atom stereocenters. The second-order valence-electron chi connectivity index (χ2n) is 5.53. The summed E-state index contributed by atoms with van der Waals surface area (Å²) >= 11 is 5.97. The molecule has 0 aliphatic carbocycles. The molecule has 1 fully saturated rings. The molecule has 2 aliphatic heterocycles. The molecule has 0 bridgehead atoms. The fourth-order valence-corrected chi connectivity index (χ4v) is 4.48. The minimum Gasteiger partial charge on any atom is -0.488 e. The Morgan fingerprint density at radius 1 is 1.30 bits per heavy atom. The van der Waals surface area contributed by atoms with Crippen LogP contribution in [0.4, 0.5) is 0 Å². The van der Waals surface area contributed by atoms with Gasteiger partial charge in [-0.25, -0.2) is 8.42 Å². The third-order valence-electron chi connectivity index (χ3n) is 3.95. The van der Waals surface area contributed by atoms with E-state index in [1.165, 1.54) is 0 Å². The lowest BCUT2D eigenvalue weighted by molar-refractivity contribution is 0.219. The number of fused-ring (bicyclic) bond motifs is 1. The first-order chi connectivity index (χ1) is 9.52. The number of sulfone groups is 1. The molecule has 110 valence electrons. The van der Waals surface area contributed by atoms with Gasteiger partial charge in [-0.15, -0.1) is 0 Å². The van der Waals surface area contributed by atoms with Crippen molar-refractivity contribution in [3.63, 3.8) is 0 Å². The molecule has 0 amide bonds. The Kier molecular flexibility index (Phi) is 3.93. The molecule has 2 heterocycles. The van der Waals surface area contributed by atoms with Gasteiger partial charge in [0.1, 0.15) is 21.7 Å². The van der Waals surface area contributed by atoms with Crippen LogP contribution in [0.15, 0.2) is 18.2 Å². The number of benzene rings is 1. The molecule has 6 heteroatoms. The summed E-state index contributed by atoms with van der Waals surface area (Å²) in [6.45, 7) is 0.747. The van der Waals surface area contributed by atoms with Crippen LogP contribution in [0, 0.1) is 0 Å². The Morgan fingerprint density at radius 2 is 2.05 bits per heavy atom. The number of hydrogen-bond acceptors (Lipinski definition) is 4. The van der Waals surface area contributed by atoms with E-state index >= 15 is 0 Å². The molecule has 0 saturated carbocycles. The van der Waals surface area contributed by atoms with Crippen molar-refractivity contribution in [2.75, 3.05) is 18.1 Å². The highest BCUT2D eigenvalue weighted by Crippen LogP contribution is 2.30. The average molecular weight is 316 g/mol. The van der Waals surface area contributed by atoms with E-state index < -0.39 is 9.84 Å². The summed E-state index contributed by atoms with van der Waals surface area (Å²) in [5.41, 5.74) is 1.15. The van der Waals surface area contributed by atoms with Gasteiger partial charge >= 0.3 is 0 Å². The van der Waals surface area contributed by atoms with Crippen molar-refractivity contribution in [2.24, 2.45) is 0 Å². The SMILES string of the molecule is O=S1(=O)CCC(NCC2Cc3cc(Cl)ccc3O2)CC1. The van der Waals surface area contributed by atoms with Crippen molar-refractivity contribution < 1.29 is 13.2 Å². The van der Waals surface area contributed by atoms with Crippen molar-refractivity contribution in [3.8, 4) is 5.75 Å². The molecule has 1 N–H and O–H groups in total. The molecule has 1 saturated heterocycles. The predicted octanol–water partition coefficient (Wildman–Crippen LogP) is 1.81. The van der Waals surface area contributed by atoms with E-state index in [9.17, 15) is 8.42 Å². The second-order valence-corrected chi connectivity index (χ2v) is 8.27. The van der Waals surface area contributed by atoms with E-state index in [-0.39, 0.29) is 12.1 Å². The van der Waals surface area contributed by atoms with E-state index in [1.807, 2.05) is 18.2 Å². The number of ether oxygens (including phenoxy) is 1. The first-order valence-corrected chi connectivity index (χ1v) is 9.11. The highest BCUT2D eigenvalue weighted by Gasteiger charge is 2.26. The van der Waals surface area contributed by atoms with Gasteiger partial charge in [-0.1, -0.05) is 11.6 Å². The Morgan fingerprint density at radius 3 is 2.80 bits per heavy atom. The zero-order valence-electron chi connectivity index (χ0n) is 11.1. The number of halogens is 1. The smallest absolute Gasteiger partial charge is 0.150 e. The summed E-state index contributed by atoms with van der Waals surface area (Å²) in [5.74, 6) is 1.50. The molecule has 1 aromatic rings. The maximum absolute atomic E-state index is 11.4. The first-order valence-electron chi connectivity index (χ1n) is 6.91. The van der Waals surface area contributed by atoms with E-state index in [1.54, 1.807) is 0 Å². The molecule has 3 rings (SSSR count). The third-order valence-corrected chi connectivity index (χ3v) is 5.90. The third kappa shape index (κ3) is 3.27. The van der Waals surface area contributed by atoms with Crippen LogP contribution in [0.3, 0.4) is 0 Å². The maximum atomic E-state index is 11.4. The molecule has 0 aromatic heterocycles. The largest absolute Gasteiger partial charge is 0.488 e. The number of rotatable bonds is 3. The van der Waals surface area contributed by atoms with Crippen molar-refractivity contribution in [3.05, 3.63) is 28.8 Å². The maximum Gasteiger partial charge on any atom is 0.150 e. The van der Waals surface area contributed by atoms with Gasteiger partial charge in [-0.3, -0.25) is 0 Å². The lowest BCUT2D eigenvalue weighted by atomic mass is 10.1. The van der Waals surface area contributed by atoms with Crippen molar-refractivity contribution in [2.45, 2.75) is 31.4 Å². The molecule has 0 radical (unpaired) electrons. The van der Waals surface area contributed by atoms with Crippen molar-refractivity contribution >= 4 is 21.4 Å². The summed E-state index contributed by atoms with van der Waals surface area (Å²) in [6, 6.07) is 5.98. The quantitative estimate of drug-likeness (QED) is 0.924. The Balaban J connectivity index is 1.49. The number of hydrogen-bond donors (Lipinski definition) is 1. The zero-order valence-corrected chi connectivity index (χ0v) is 12.7. The van der Waals surface area contributed by atoms with Gasteiger partial charge in [0.2, 0.25) is 0 Å². The second kappa shape index (κ2) is 5.54. The van der Waals surface area contributed by atoms with Crippen LogP contribution in [0.2, 0.25) is 5.02 Å². The zero-order chi connectivity index (χ0) is 14.2. The highest BCUT2D eigenvalue weighted by molar-refractivity contribution is 7.91. The molecule has 20 heavy (non-hydrogen) atoms. The van der Waals surface area contributed by atoms with Crippen LogP contribution in [-0.2, 0) is 16.3 Å². The predicted molar refractivity (Wildman–Crippen MR) is 79.3 cm³/mol. The normalized spacial score (nSPS) is 25.1. The summed E-state index contributed by atoms with van der Waals surface area (Å²) < 4.78 is 28.6. The van der Waals surface area contributed by atoms with Gasteiger partial charge in [0, 0.05) is 24.0 Å². The molecule has 1 atom stereocenters. The van der Waals surface area contributed by atoms with Crippen LogP contribution < -0.4 is 10.1 Å². The first kappa shape index (κ1) is 14.2. The fourth-order valence-electron chi connectivity index (χ4n) is 2.80. The molecule has 4 nitrogen and oxygen atoms in total. The Labute approximate surface area is 124 Å². The molecule has 0 spiro atoms. The average Bonchev–Trinajstić information content (AvgIpc) is 2.79. The van der Waals surface area contributed by atoms with Gasteiger partial charge in [0.05, 0.1) is 11.5 Å². The van der Waals surface area contributed by atoms with Crippen molar-refractivity contribution in [1.82, 2.24) is 5.32 Å². The summed E-state index contributed by atoms with van der Waals surface area (Å²) in [7, 11) is -2.79. The highest BCUT2D eigenvalue weighted by atomic mass is 35.5. The van der Waals surface area contributed by atoms with Crippen LogP contribution >= 0.6 is 11.6 Å². The van der Waals surface area contributed by atoms with E-state index in [0.717, 1.165) is 29.3 Å². The Hall–Kier alpha value is -0.780. The van der Waals surface area contributed by atoms with Gasteiger partial charge in [-0.2, -0.15) is 0 Å². The monoisotopic (exact) mass is 315 g/mol. The van der Waals surface area contributed by atoms with E-state index in [4.69, 9.17) is 16.3 Å². The standard InChI is InChI=1S/C14H18ClNO3S/c15-11-1-2-14-10(7-11)8-13(19-14)9-16-12-3-5-20(17,18)6-4-12/h1-2,7,12-13,16H,3-6,8-9H2. The molecule has 2 aliphatic rings. The van der Waals surface area contributed by atoms with Gasteiger partial charge in [0.15, 0.2) is 0 Å². The fraction of sp³-hybridized carbons (Fsp3) is 0.571. The van der Waals surface area contributed by atoms with E-state index in [0.29, 0.717) is 24.3 Å². The molecule has 1 aromatic carbocycles. The van der Waals surface area contributed by atoms with Gasteiger partial charge < -0.3 is 10.1 Å². The summed E-state index contributed by atoms with van der Waals surface area (Å²) in [4.78, 5) is 0. The van der Waals surface area contributed by atoms with Gasteiger partial charge in [-0.05, 0) is 36.6 Å². The lowest BCUT2D eigenvalue weighted by Crippen LogP contribution is -2.42. The minimum absolute atomic E-state index is 0.113. The van der Waals surface area contributed by atoms with Gasteiger partial charge in [0.25, 0.3) is 0 Å². The lowest BCUT2D eigenvalue weighted by Gasteiger charge is -2.24. The van der Waals surface area contributed by atoms with Crippen LogP contribution in [-0.4, -0.2) is 38.6 Å². The minimum atomic E-state index is -2.79. The topological polar surface area (TPSA) is 55.4 Å². The molecular weight excluding hydrogens is 298 g/mol.